The first-order chi connectivity index (χ1) is 8.24. The number of ether oxygens (including phenoxy) is 4. The Kier molecular flexibility index (Phi) is 2.49. The van der Waals surface area contributed by atoms with Gasteiger partial charge in [0.15, 0.2) is 17.8 Å². The smallest absolute Gasteiger partial charge is 0.185 e. The van der Waals surface area contributed by atoms with Crippen molar-refractivity contribution in [1.82, 2.24) is 0 Å². The van der Waals surface area contributed by atoms with Crippen molar-refractivity contribution in [2.45, 2.75) is 31.8 Å². The van der Waals surface area contributed by atoms with Gasteiger partial charge in [-0.25, -0.2) is 0 Å². The van der Waals surface area contributed by atoms with E-state index < -0.39 is 0 Å². The van der Waals surface area contributed by atoms with E-state index in [-0.39, 0.29) is 18.5 Å². The van der Waals surface area contributed by atoms with E-state index in [0.717, 1.165) is 29.0 Å². The molecule has 17 heavy (non-hydrogen) atoms. The number of methoxy groups -OCH3 is 2. The summed E-state index contributed by atoms with van der Waals surface area (Å²) < 4.78 is 22.3. The highest BCUT2D eigenvalue weighted by Crippen LogP contribution is 2.45. The van der Waals surface area contributed by atoms with Crippen LogP contribution in [0.25, 0.3) is 0 Å². The van der Waals surface area contributed by atoms with Crippen LogP contribution in [0.3, 0.4) is 0 Å². The second-order valence-electron chi connectivity index (χ2n) is 4.42. The lowest BCUT2D eigenvalue weighted by atomic mass is 9.96. The normalized spacial score (nSPS) is 29.9. The van der Waals surface area contributed by atoms with Gasteiger partial charge in [-0.15, -0.1) is 0 Å². The van der Waals surface area contributed by atoms with Crippen molar-refractivity contribution in [3.8, 4) is 11.5 Å². The van der Waals surface area contributed by atoms with Gasteiger partial charge in [0.25, 0.3) is 0 Å². The topological polar surface area (TPSA) is 36.9 Å². The van der Waals surface area contributed by atoms with Crippen molar-refractivity contribution >= 4 is 0 Å². The highest BCUT2D eigenvalue weighted by Gasteiger charge is 2.41. The first-order valence-corrected chi connectivity index (χ1v) is 5.79. The molecule has 0 N–H and O–H groups in total. The molecule has 1 aromatic carbocycles. The van der Waals surface area contributed by atoms with Crippen LogP contribution in [0.4, 0.5) is 0 Å². The SMILES string of the molecule is COc1ccc2c(c1OC)C[C@@H]1O[C@H]2OC1C. The zero-order chi connectivity index (χ0) is 12.0. The third-order valence-corrected chi connectivity index (χ3v) is 3.50. The average Bonchev–Trinajstić information content (AvgIpc) is 2.64. The van der Waals surface area contributed by atoms with E-state index in [4.69, 9.17) is 18.9 Å². The van der Waals surface area contributed by atoms with Crippen LogP contribution in [0.2, 0.25) is 0 Å². The second kappa shape index (κ2) is 3.89. The van der Waals surface area contributed by atoms with Gasteiger partial charge >= 0.3 is 0 Å². The van der Waals surface area contributed by atoms with Gasteiger partial charge in [0.1, 0.15) is 0 Å². The number of hydrogen-bond acceptors (Lipinski definition) is 4. The van der Waals surface area contributed by atoms with Gasteiger partial charge in [-0.05, 0) is 19.1 Å². The zero-order valence-corrected chi connectivity index (χ0v) is 10.2. The summed E-state index contributed by atoms with van der Waals surface area (Å²) in [4.78, 5) is 0. The predicted molar refractivity (Wildman–Crippen MR) is 61.4 cm³/mol. The van der Waals surface area contributed by atoms with E-state index in [9.17, 15) is 0 Å². The Morgan fingerprint density at radius 1 is 1.18 bits per heavy atom. The first kappa shape index (κ1) is 10.9. The van der Waals surface area contributed by atoms with Gasteiger partial charge in [-0.1, -0.05) is 0 Å². The summed E-state index contributed by atoms with van der Waals surface area (Å²) in [6.45, 7) is 2.04. The molecule has 92 valence electrons. The van der Waals surface area contributed by atoms with Gasteiger partial charge in [-0.2, -0.15) is 0 Å². The highest BCUT2D eigenvalue weighted by molar-refractivity contribution is 5.52. The van der Waals surface area contributed by atoms with Crippen molar-refractivity contribution < 1.29 is 18.9 Å². The van der Waals surface area contributed by atoms with Gasteiger partial charge in [0.2, 0.25) is 0 Å². The molecule has 0 aromatic heterocycles. The number of hydrogen-bond donors (Lipinski definition) is 0. The average molecular weight is 236 g/mol. The standard InChI is InChI=1S/C13H16O4/c1-7-11-6-9-8(13(16-7)17-11)4-5-10(14-2)12(9)15-3/h4-5,7,11,13H,6H2,1-3H3/t7?,11-,13+/m0/s1. The molecule has 0 radical (unpaired) electrons. The van der Waals surface area contributed by atoms with E-state index in [0.29, 0.717) is 0 Å². The Balaban J connectivity index is 2.11. The number of rotatable bonds is 2. The third kappa shape index (κ3) is 1.51. The van der Waals surface area contributed by atoms with Crippen LogP contribution in [-0.2, 0) is 15.9 Å². The largest absolute Gasteiger partial charge is 0.493 e. The maximum absolute atomic E-state index is 5.79. The summed E-state index contributed by atoms with van der Waals surface area (Å²) in [5.41, 5.74) is 2.21. The Labute approximate surface area is 100 Å². The molecular formula is C13H16O4. The van der Waals surface area contributed by atoms with Crippen molar-refractivity contribution in [3.05, 3.63) is 23.3 Å². The molecule has 2 aliphatic heterocycles. The Hall–Kier alpha value is -1.26. The maximum Gasteiger partial charge on any atom is 0.185 e. The lowest BCUT2D eigenvalue weighted by Gasteiger charge is -2.24. The van der Waals surface area contributed by atoms with Gasteiger partial charge in [0.05, 0.1) is 26.4 Å². The van der Waals surface area contributed by atoms with Crippen LogP contribution in [0, 0.1) is 0 Å². The number of fused-ring (bicyclic) bond motifs is 4. The van der Waals surface area contributed by atoms with E-state index in [1.807, 2.05) is 19.1 Å². The van der Waals surface area contributed by atoms with Crippen LogP contribution in [0.5, 0.6) is 11.5 Å². The molecule has 1 fully saturated rings. The fourth-order valence-electron chi connectivity index (χ4n) is 2.58. The summed E-state index contributed by atoms with van der Waals surface area (Å²) in [6, 6.07) is 3.89. The fourth-order valence-corrected chi connectivity index (χ4v) is 2.58. The quantitative estimate of drug-likeness (QED) is 0.787. The summed E-state index contributed by atoms with van der Waals surface area (Å²) in [5.74, 6) is 1.57. The monoisotopic (exact) mass is 236 g/mol. The number of benzene rings is 1. The summed E-state index contributed by atoms with van der Waals surface area (Å²) >= 11 is 0. The van der Waals surface area contributed by atoms with E-state index in [1.54, 1.807) is 14.2 Å². The molecule has 0 spiro atoms. The van der Waals surface area contributed by atoms with Crippen molar-refractivity contribution in [2.24, 2.45) is 0 Å². The van der Waals surface area contributed by atoms with Crippen LogP contribution >= 0.6 is 0 Å². The van der Waals surface area contributed by atoms with Crippen LogP contribution in [0.15, 0.2) is 12.1 Å². The van der Waals surface area contributed by atoms with E-state index in [2.05, 4.69) is 0 Å². The molecule has 1 aromatic rings. The summed E-state index contributed by atoms with van der Waals surface area (Å²) in [6.07, 6.45) is 0.808. The highest BCUT2D eigenvalue weighted by atomic mass is 16.7. The Morgan fingerprint density at radius 3 is 2.71 bits per heavy atom. The van der Waals surface area contributed by atoms with E-state index in [1.165, 1.54) is 0 Å². The molecule has 2 bridgehead atoms. The lowest BCUT2D eigenvalue weighted by Crippen LogP contribution is -2.24. The second-order valence-corrected chi connectivity index (χ2v) is 4.42. The van der Waals surface area contributed by atoms with Crippen LogP contribution in [-0.4, -0.2) is 26.4 Å². The molecule has 0 saturated carbocycles. The molecule has 0 aliphatic carbocycles. The maximum atomic E-state index is 5.79. The minimum atomic E-state index is -0.251. The van der Waals surface area contributed by atoms with Crippen LogP contribution in [0.1, 0.15) is 24.3 Å². The molecule has 4 nitrogen and oxygen atoms in total. The Morgan fingerprint density at radius 2 is 2.00 bits per heavy atom. The van der Waals surface area contributed by atoms with Gasteiger partial charge in [0, 0.05) is 17.5 Å². The molecule has 1 saturated heterocycles. The Bertz CT molecular complexity index is 441. The predicted octanol–water partition coefficient (Wildman–Crippen LogP) is 2.06. The molecule has 3 atom stereocenters. The summed E-state index contributed by atoms with van der Waals surface area (Å²) in [5, 5.41) is 0. The van der Waals surface area contributed by atoms with Crippen molar-refractivity contribution in [1.29, 1.82) is 0 Å². The molecular weight excluding hydrogens is 220 g/mol. The zero-order valence-electron chi connectivity index (χ0n) is 10.2. The molecule has 0 amide bonds. The van der Waals surface area contributed by atoms with Gasteiger partial charge < -0.3 is 18.9 Å². The minimum absolute atomic E-state index is 0.119. The molecule has 3 rings (SSSR count). The lowest BCUT2D eigenvalue weighted by molar-refractivity contribution is -0.0740. The van der Waals surface area contributed by atoms with Crippen molar-refractivity contribution in [3.63, 3.8) is 0 Å². The third-order valence-electron chi connectivity index (χ3n) is 3.50. The van der Waals surface area contributed by atoms with Crippen molar-refractivity contribution in [2.75, 3.05) is 14.2 Å². The summed E-state index contributed by atoms with van der Waals surface area (Å²) in [7, 11) is 3.32. The molecule has 2 heterocycles. The van der Waals surface area contributed by atoms with E-state index >= 15 is 0 Å². The van der Waals surface area contributed by atoms with Crippen LogP contribution < -0.4 is 9.47 Å². The first-order valence-electron chi connectivity index (χ1n) is 5.79. The molecule has 1 unspecified atom stereocenters. The van der Waals surface area contributed by atoms with Gasteiger partial charge in [-0.3, -0.25) is 0 Å². The molecule has 4 heteroatoms. The molecule has 2 aliphatic rings. The fraction of sp³-hybridized carbons (Fsp3) is 0.538. The minimum Gasteiger partial charge on any atom is -0.493 e.